The molecule has 1 atom stereocenters. The van der Waals surface area contributed by atoms with Crippen LogP contribution < -0.4 is 0 Å². The quantitative estimate of drug-likeness (QED) is 0.661. The van der Waals surface area contributed by atoms with Gasteiger partial charge in [-0.25, -0.2) is 0 Å². The van der Waals surface area contributed by atoms with E-state index in [-0.39, 0.29) is 0 Å². The predicted octanol–water partition coefficient (Wildman–Crippen LogP) is 4.77. The largest absolute Gasteiger partial charge is 0.271 e. The Morgan fingerprint density at radius 2 is 2.00 bits per heavy atom. The number of aryl methyl sites for hydroxylation is 3. The highest BCUT2D eigenvalue weighted by Crippen LogP contribution is 2.30. The third-order valence-electron chi connectivity index (χ3n) is 3.76. The molecule has 1 aromatic carbocycles. The van der Waals surface area contributed by atoms with Crippen LogP contribution >= 0.6 is 31.9 Å². The Kier molecular flexibility index (Phi) is 5.44. The molecule has 0 aliphatic heterocycles. The van der Waals surface area contributed by atoms with Crippen LogP contribution in [-0.4, -0.2) is 15.1 Å². The van der Waals surface area contributed by atoms with Crippen molar-refractivity contribution in [2.45, 2.75) is 32.6 Å². The van der Waals surface area contributed by atoms with E-state index < -0.39 is 0 Å². The lowest BCUT2D eigenvalue weighted by atomic mass is 9.92. The number of aromatic nitrogens is 2. The second kappa shape index (κ2) is 6.90. The molecular formula is C16H20Br2N2. The minimum Gasteiger partial charge on any atom is -0.271 e. The van der Waals surface area contributed by atoms with Crippen LogP contribution in [0, 0.1) is 6.92 Å². The Hall–Kier alpha value is -0.610. The van der Waals surface area contributed by atoms with E-state index in [2.05, 4.69) is 75.1 Å². The minimum absolute atomic E-state index is 0.465. The van der Waals surface area contributed by atoms with E-state index in [1.54, 1.807) is 0 Å². The molecule has 0 radical (unpaired) electrons. The average molecular weight is 400 g/mol. The van der Waals surface area contributed by atoms with E-state index in [1.807, 2.05) is 11.7 Å². The first-order valence-corrected chi connectivity index (χ1v) is 8.81. The van der Waals surface area contributed by atoms with Crippen LogP contribution in [0.15, 0.2) is 28.7 Å². The topological polar surface area (TPSA) is 17.8 Å². The fourth-order valence-electron chi connectivity index (χ4n) is 2.57. The van der Waals surface area contributed by atoms with Gasteiger partial charge < -0.3 is 0 Å². The van der Waals surface area contributed by atoms with Crippen molar-refractivity contribution >= 4 is 31.9 Å². The molecule has 0 spiro atoms. The number of hydrogen-bond donors (Lipinski definition) is 0. The molecule has 0 aliphatic rings. The Balaban J connectivity index is 2.32. The molecule has 0 N–H and O–H groups in total. The minimum atomic E-state index is 0.465. The van der Waals surface area contributed by atoms with Crippen LogP contribution in [0.2, 0.25) is 0 Å². The number of rotatable bonds is 5. The molecule has 108 valence electrons. The molecule has 2 rings (SSSR count). The van der Waals surface area contributed by atoms with Crippen molar-refractivity contribution in [2.24, 2.45) is 7.05 Å². The molecule has 2 aromatic rings. The Morgan fingerprint density at radius 1 is 1.30 bits per heavy atom. The van der Waals surface area contributed by atoms with E-state index >= 15 is 0 Å². The molecule has 0 saturated carbocycles. The maximum absolute atomic E-state index is 4.59. The molecule has 2 nitrogen and oxygen atoms in total. The van der Waals surface area contributed by atoms with Gasteiger partial charge in [-0.1, -0.05) is 47.1 Å². The van der Waals surface area contributed by atoms with Gasteiger partial charge in [-0.3, -0.25) is 4.68 Å². The van der Waals surface area contributed by atoms with Crippen LogP contribution in [0.5, 0.6) is 0 Å². The zero-order chi connectivity index (χ0) is 14.7. The van der Waals surface area contributed by atoms with Crippen molar-refractivity contribution in [1.29, 1.82) is 0 Å². The van der Waals surface area contributed by atoms with Gasteiger partial charge in [0, 0.05) is 12.4 Å². The highest BCUT2D eigenvalue weighted by Gasteiger charge is 2.19. The fourth-order valence-corrected chi connectivity index (χ4v) is 3.92. The van der Waals surface area contributed by atoms with Gasteiger partial charge in [-0.2, -0.15) is 5.10 Å². The van der Waals surface area contributed by atoms with Gasteiger partial charge in [0.1, 0.15) is 0 Å². The summed E-state index contributed by atoms with van der Waals surface area (Å²) in [5.41, 5.74) is 5.18. The highest BCUT2D eigenvalue weighted by atomic mass is 79.9. The molecular weight excluding hydrogens is 380 g/mol. The second-order valence-electron chi connectivity index (χ2n) is 5.10. The average Bonchev–Trinajstić information content (AvgIpc) is 2.72. The Labute approximate surface area is 137 Å². The van der Waals surface area contributed by atoms with Crippen molar-refractivity contribution in [3.8, 4) is 0 Å². The van der Waals surface area contributed by atoms with E-state index in [1.165, 1.54) is 21.3 Å². The van der Waals surface area contributed by atoms with Crippen LogP contribution in [0.3, 0.4) is 0 Å². The maximum atomic E-state index is 4.59. The van der Waals surface area contributed by atoms with Gasteiger partial charge >= 0.3 is 0 Å². The molecule has 4 heteroatoms. The lowest BCUT2D eigenvalue weighted by Crippen LogP contribution is -2.10. The summed E-state index contributed by atoms with van der Waals surface area (Å²) in [6, 6.07) is 8.63. The third kappa shape index (κ3) is 3.17. The van der Waals surface area contributed by atoms with Crippen molar-refractivity contribution in [3.63, 3.8) is 0 Å². The van der Waals surface area contributed by atoms with Crippen molar-refractivity contribution in [3.05, 3.63) is 51.3 Å². The van der Waals surface area contributed by atoms with Crippen LogP contribution in [0.25, 0.3) is 0 Å². The van der Waals surface area contributed by atoms with Crippen LogP contribution in [-0.2, 0) is 19.9 Å². The Bertz CT molecular complexity index is 590. The summed E-state index contributed by atoms with van der Waals surface area (Å²) in [6.45, 7) is 4.32. The highest BCUT2D eigenvalue weighted by molar-refractivity contribution is 9.10. The number of hydrogen-bond acceptors (Lipinski definition) is 1. The molecule has 0 bridgehead atoms. The molecule has 1 aromatic heterocycles. The summed E-state index contributed by atoms with van der Waals surface area (Å²) in [5.74, 6) is 0.465. The molecule has 0 fully saturated rings. The lowest BCUT2D eigenvalue weighted by molar-refractivity contribution is 0.655. The van der Waals surface area contributed by atoms with E-state index in [0.717, 1.165) is 23.9 Å². The molecule has 0 aliphatic carbocycles. The summed E-state index contributed by atoms with van der Waals surface area (Å²) >= 11 is 7.38. The number of benzene rings is 1. The summed E-state index contributed by atoms with van der Waals surface area (Å²) in [6.07, 6.45) is 1.94. The van der Waals surface area contributed by atoms with Crippen LogP contribution in [0.4, 0.5) is 0 Å². The SMILES string of the molecule is CCc1nn(C)c(CC(CBr)c2ccccc2C)c1Br. The van der Waals surface area contributed by atoms with Crippen molar-refractivity contribution < 1.29 is 0 Å². The molecule has 0 saturated heterocycles. The first-order chi connectivity index (χ1) is 9.58. The number of alkyl halides is 1. The smallest absolute Gasteiger partial charge is 0.0766 e. The Morgan fingerprint density at radius 3 is 2.55 bits per heavy atom. The standard InChI is InChI=1S/C16H20Br2N2/c1-4-14-16(18)15(20(3)19-14)9-12(10-17)13-8-6-5-7-11(13)2/h5-8,12H,4,9-10H2,1-3H3. The van der Waals surface area contributed by atoms with Gasteiger partial charge in [-0.15, -0.1) is 0 Å². The molecule has 20 heavy (non-hydrogen) atoms. The lowest BCUT2D eigenvalue weighted by Gasteiger charge is -2.17. The maximum Gasteiger partial charge on any atom is 0.0766 e. The van der Waals surface area contributed by atoms with Crippen LogP contribution in [0.1, 0.15) is 35.4 Å². The predicted molar refractivity (Wildman–Crippen MR) is 91.7 cm³/mol. The fraction of sp³-hybridized carbons (Fsp3) is 0.438. The number of nitrogens with zero attached hydrogens (tertiary/aromatic N) is 2. The number of halogens is 2. The summed E-state index contributed by atoms with van der Waals surface area (Å²) in [5, 5.41) is 5.54. The van der Waals surface area contributed by atoms with Gasteiger partial charge in [0.2, 0.25) is 0 Å². The van der Waals surface area contributed by atoms with Gasteiger partial charge in [0.25, 0.3) is 0 Å². The van der Waals surface area contributed by atoms with Gasteiger partial charge in [0.05, 0.1) is 15.9 Å². The molecule has 1 unspecified atom stereocenters. The summed E-state index contributed by atoms with van der Waals surface area (Å²) < 4.78 is 3.18. The monoisotopic (exact) mass is 398 g/mol. The van der Waals surface area contributed by atoms with Crippen molar-refractivity contribution in [1.82, 2.24) is 9.78 Å². The molecule has 1 heterocycles. The zero-order valence-electron chi connectivity index (χ0n) is 12.2. The normalized spacial score (nSPS) is 12.7. The first-order valence-electron chi connectivity index (χ1n) is 6.90. The van der Waals surface area contributed by atoms with Gasteiger partial charge in [-0.05, 0) is 52.7 Å². The van der Waals surface area contributed by atoms with E-state index in [9.17, 15) is 0 Å². The first kappa shape index (κ1) is 15.8. The molecule has 0 amide bonds. The third-order valence-corrected chi connectivity index (χ3v) is 5.45. The van der Waals surface area contributed by atoms with E-state index in [4.69, 9.17) is 0 Å². The van der Waals surface area contributed by atoms with Crippen molar-refractivity contribution in [2.75, 3.05) is 5.33 Å². The summed E-state index contributed by atoms with van der Waals surface area (Å²) in [7, 11) is 2.03. The summed E-state index contributed by atoms with van der Waals surface area (Å²) in [4.78, 5) is 0. The second-order valence-corrected chi connectivity index (χ2v) is 6.54. The van der Waals surface area contributed by atoms with Gasteiger partial charge in [0.15, 0.2) is 0 Å². The van der Waals surface area contributed by atoms with E-state index in [0.29, 0.717) is 5.92 Å². The zero-order valence-corrected chi connectivity index (χ0v) is 15.3.